The van der Waals surface area contributed by atoms with Crippen molar-refractivity contribution in [2.45, 2.75) is 6.92 Å². The maximum atomic E-state index is 9.82. The van der Waals surface area contributed by atoms with E-state index in [0.29, 0.717) is 6.61 Å². The molecule has 0 amide bonds. The summed E-state index contributed by atoms with van der Waals surface area (Å²) in [5.41, 5.74) is 0. The van der Waals surface area contributed by atoms with Gasteiger partial charge in [0, 0.05) is 19.7 Å². The van der Waals surface area contributed by atoms with Gasteiger partial charge in [0.1, 0.15) is 11.5 Å². The van der Waals surface area contributed by atoms with Crippen LogP contribution in [0.2, 0.25) is 0 Å². The van der Waals surface area contributed by atoms with Gasteiger partial charge in [0.15, 0.2) is 0 Å². The maximum Gasteiger partial charge on any atom is 0.128 e. The Morgan fingerprint density at radius 3 is 2.69 bits per heavy atom. The molecule has 0 radical (unpaired) electrons. The number of benzene rings is 2. The Kier molecular flexibility index (Phi) is 3.40. The third-order valence-electron chi connectivity index (χ3n) is 2.27. The lowest BCUT2D eigenvalue weighted by Gasteiger charge is -2.10. The minimum Gasteiger partial charge on any atom is -0.507 e. The number of aromatic hydroxyl groups is 1. The predicted octanol–water partition coefficient (Wildman–Crippen LogP) is 4.47. The van der Waals surface area contributed by atoms with E-state index in [-0.39, 0.29) is 5.75 Å². The first-order chi connectivity index (χ1) is 7.63. The van der Waals surface area contributed by atoms with Crippen LogP contribution in [0.5, 0.6) is 11.5 Å². The van der Waals surface area contributed by atoms with Gasteiger partial charge in [-0.15, -0.1) is 0 Å². The van der Waals surface area contributed by atoms with Crippen molar-refractivity contribution in [2.24, 2.45) is 0 Å². The van der Waals surface area contributed by atoms with Crippen LogP contribution >= 0.6 is 31.9 Å². The van der Waals surface area contributed by atoms with Crippen molar-refractivity contribution in [1.82, 2.24) is 0 Å². The van der Waals surface area contributed by atoms with E-state index in [1.165, 1.54) is 0 Å². The van der Waals surface area contributed by atoms with Crippen LogP contribution in [0.3, 0.4) is 0 Å². The molecule has 0 aromatic heterocycles. The zero-order valence-electron chi connectivity index (χ0n) is 8.63. The summed E-state index contributed by atoms with van der Waals surface area (Å²) in [4.78, 5) is 0. The SMILES string of the molecule is CCOc1ccc(O)c2cc(Br)cc(Br)c12. The van der Waals surface area contributed by atoms with Crippen molar-refractivity contribution >= 4 is 42.6 Å². The molecule has 2 rings (SSSR count). The zero-order chi connectivity index (χ0) is 11.7. The summed E-state index contributed by atoms with van der Waals surface area (Å²) in [5.74, 6) is 1.02. The number of hydrogen-bond acceptors (Lipinski definition) is 2. The fourth-order valence-electron chi connectivity index (χ4n) is 1.63. The highest BCUT2D eigenvalue weighted by Gasteiger charge is 2.10. The van der Waals surface area contributed by atoms with E-state index >= 15 is 0 Å². The van der Waals surface area contributed by atoms with E-state index in [1.807, 2.05) is 19.1 Å². The molecule has 0 saturated carbocycles. The van der Waals surface area contributed by atoms with Crippen LogP contribution in [-0.2, 0) is 0 Å². The van der Waals surface area contributed by atoms with Gasteiger partial charge in [0.2, 0.25) is 0 Å². The zero-order valence-corrected chi connectivity index (χ0v) is 11.8. The number of phenolic OH excluding ortho intramolecular Hbond substituents is 1. The fourth-order valence-corrected chi connectivity index (χ4v) is 3.05. The summed E-state index contributed by atoms with van der Waals surface area (Å²) < 4.78 is 7.35. The number of rotatable bonds is 2. The van der Waals surface area contributed by atoms with Crippen LogP contribution in [0.1, 0.15) is 6.92 Å². The highest BCUT2D eigenvalue weighted by Crippen LogP contribution is 2.39. The summed E-state index contributed by atoms with van der Waals surface area (Å²) in [6, 6.07) is 7.23. The van der Waals surface area contributed by atoms with Crippen molar-refractivity contribution in [1.29, 1.82) is 0 Å². The fraction of sp³-hybridized carbons (Fsp3) is 0.167. The van der Waals surface area contributed by atoms with Crippen LogP contribution in [0.25, 0.3) is 10.8 Å². The van der Waals surface area contributed by atoms with Gasteiger partial charge < -0.3 is 9.84 Å². The average Bonchev–Trinajstić information content (AvgIpc) is 2.22. The van der Waals surface area contributed by atoms with E-state index < -0.39 is 0 Å². The minimum absolute atomic E-state index is 0.250. The molecule has 2 aromatic rings. The molecule has 16 heavy (non-hydrogen) atoms. The second kappa shape index (κ2) is 4.63. The quantitative estimate of drug-likeness (QED) is 0.870. The average molecular weight is 346 g/mol. The van der Waals surface area contributed by atoms with Crippen molar-refractivity contribution in [2.75, 3.05) is 6.61 Å². The predicted molar refractivity (Wildman–Crippen MR) is 72.2 cm³/mol. The Bertz CT molecular complexity index is 538. The Balaban J connectivity index is 2.81. The minimum atomic E-state index is 0.250. The van der Waals surface area contributed by atoms with Crippen LogP contribution in [0, 0.1) is 0 Å². The molecule has 0 unspecified atom stereocenters. The molecule has 2 aromatic carbocycles. The topological polar surface area (TPSA) is 29.5 Å². The molecule has 2 nitrogen and oxygen atoms in total. The van der Waals surface area contributed by atoms with E-state index in [9.17, 15) is 5.11 Å². The Hall–Kier alpha value is -0.740. The van der Waals surface area contributed by atoms with Crippen molar-refractivity contribution in [3.63, 3.8) is 0 Å². The molecule has 0 fully saturated rings. The van der Waals surface area contributed by atoms with Crippen LogP contribution in [0.4, 0.5) is 0 Å². The summed E-state index contributed by atoms with van der Waals surface area (Å²) in [6.45, 7) is 2.54. The summed E-state index contributed by atoms with van der Waals surface area (Å²) in [6.07, 6.45) is 0. The molecule has 84 valence electrons. The first-order valence-electron chi connectivity index (χ1n) is 4.87. The molecule has 1 N–H and O–H groups in total. The van der Waals surface area contributed by atoms with E-state index in [0.717, 1.165) is 25.5 Å². The molecule has 0 bridgehead atoms. The van der Waals surface area contributed by atoms with Gasteiger partial charge in [-0.05, 0) is 47.1 Å². The normalized spacial score (nSPS) is 10.7. The second-order valence-corrected chi connectivity index (χ2v) is 5.10. The van der Waals surface area contributed by atoms with E-state index in [4.69, 9.17) is 4.74 Å². The lowest BCUT2D eigenvalue weighted by molar-refractivity contribution is 0.343. The van der Waals surface area contributed by atoms with Gasteiger partial charge in [-0.25, -0.2) is 0 Å². The molecular formula is C12H10Br2O2. The van der Waals surface area contributed by atoms with Gasteiger partial charge >= 0.3 is 0 Å². The van der Waals surface area contributed by atoms with Crippen molar-refractivity contribution in [3.8, 4) is 11.5 Å². The van der Waals surface area contributed by atoms with Crippen molar-refractivity contribution in [3.05, 3.63) is 33.2 Å². The molecule has 0 heterocycles. The van der Waals surface area contributed by atoms with Crippen molar-refractivity contribution < 1.29 is 9.84 Å². The second-order valence-electron chi connectivity index (χ2n) is 3.33. The first kappa shape index (κ1) is 11.7. The highest BCUT2D eigenvalue weighted by atomic mass is 79.9. The van der Waals surface area contributed by atoms with Crippen LogP contribution in [0.15, 0.2) is 33.2 Å². The van der Waals surface area contributed by atoms with Gasteiger partial charge in [-0.3, -0.25) is 0 Å². The first-order valence-corrected chi connectivity index (χ1v) is 6.45. The third kappa shape index (κ3) is 2.04. The molecule has 0 aliphatic carbocycles. The lowest BCUT2D eigenvalue weighted by atomic mass is 10.1. The standard InChI is InChI=1S/C12H10Br2O2/c1-2-16-11-4-3-10(15)8-5-7(13)6-9(14)12(8)11/h3-6,15H,2H2,1H3. The molecule has 0 aliphatic heterocycles. The number of halogens is 2. The number of fused-ring (bicyclic) bond motifs is 1. The third-order valence-corrected chi connectivity index (χ3v) is 3.35. The molecule has 0 atom stereocenters. The molecular weight excluding hydrogens is 336 g/mol. The Morgan fingerprint density at radius 2 is 2.00 bits per heavy atom. The largest absolute Gasteiger partial charge is 0.507 e. The van der Waals surface area contributed by atoms with Crippen LogP contribution in [-0.4, -0.2) is 11.7 Å². The maximum absolute atomic E-state index is 9.82. The number of phenols is 1. The van der Waals surface area contributed by atoms with Gasteiger partial charge in [0.05, 0.1) is 6.61 Å². The number of hydrogen-bond donors (Lipinski definition) is 1. The molecule has 0 aliphatic rings. The number of ether oxygens (including phenoxy) is 1. The lowest BCUT2D eigenvalue weighted by Crippen LogP contribution is -1.93. The van der Waals surface area contributed by atoms with Gasteiger partial charge in [0.25, 0.3) is 0 Å². The highest BCUT2D eigenvalue weighted by molar-refractivity contribution is 9.11. The Labute approximate surface area is 110 Å². The summed E-state index contributed by atoms with van der Waals surface area (Å²) >= 11 is 6.88. The monoisotopic (exact) mass is 344 g/mol. The summed E-state index contributed by atoms with van der Waals surface area (Å²) in [7, 11) is 0. The van der Waals surface area contributed by atoms with Gasteiger partial charge in [-0.1, -0.05) is 15.9 Å². The summed E-state index contributed by atoms with van der Waals surface area (Å²) in [5, 5.41) is 11.5. The van der Waals surface area contributed by atoms with E-state index in [2.05, 4.69) is 31.9 Å². The smallest absolute Gasteiger partial charge is 0.128 e. The van der Waals surface area contributed by atoms with Crippen LogP contribution < -0.4 is 4.74 Å². The Morgan fingerprint density at radius 1 is 1.25 bits per heavy atom. The molecule has 0 spiro atoms. The molecule has 0 saturated heterocycles. The van der Waals surface area contributed by atoms with E-state index in [1.54, 1.807) is 12.1 Å². The molecule has 4 heteroatoms. The van der Waals surface area contributed by atoms with Gasteiger partial charge in [-0.2, -0.15) is 0 Å².